The predicted molar refractivity (Wildman–Crippen MR) is 66.6 cm³/mol. The fourth-order valence-electron chi connectivity index (χ4n) is 1.42. The van der Waals surface area contributed by atoms with Crippen molar-refractivity contribution in [2.45, 2.75) is 6.18 Å². The number of nitro groups is 1. The number of nitrogens with two attached hydrogens (primary N) is 1. The number of ether oxygens (including phenoxy) is 2. The van der Waals surface area contributed by atoms with Crippen LogP contribution in [0.15, 0.2) is 18.2 Å². The van der Waals surface area contributed by atoms with Gasteiger partial charge in [0.25, 0.3) is 5.69 Å². The normalized spacial score (nSPS) is 12.6. The number of hydrogen-bond donors (Lipinski definition) is 2. The summed E-state index contributed by atoms with van der Waals surface area (Å²) in [7, 11) is 1.19. The lowest BCUT2D eigenvalue weighted by Crippen LogP contribution is -2.39. The van der Waals surface area contributed by atoms with E-state index in [1.54, 1.807) is 0 Å². The Morgan fingerprint density at radius 3 is 2.52 bits per heavy atom. The molecule has 0 aromatic heterocycles. The van der Waals surface area contributed by atoms with Crippen LogP contribution >= 0.6 is 0 Å². The zero-order chi connectivity index (χ0) is 16.2. The van der Waals surface area contributed by atoms with Gasteiger partial charge in [-0.2, -0.15) is 13.2 Å². The number of nitrogens with zero attached hydrogens (tertiary/aromatic N) is 1. The molecule has 116 valence electrons. The molecule has 1 rings (SSSR count). The van der Waals surface area contributed by atoms with Crippen LogP contribution in [0.25, 0.3) is 0 Å². The van der Waals surface area contributed by atoms with Crippen molar-refractivity contribution < 1.29 is 27.6 Å². The number of rotatable bonds is 6. The molecule has 0 saturated carbocycles. The number of nitro benzene ring substituents is 1. The standard InChI is InChI=1S/C11H12F3N3O4/c1-20-9-4-6(17(18)19)2-3-8(9)21-5-7(10(15)16)11(12,13)14/h2-4,7H,5H2,1H3,(H3,15,16). The summed E-state index contributed by atoms with van der Waals surface area (Å²) in [6.07, 6.45) is -4.72. The van der Waals surface area contributed by atoms with Crippen LogP contribution < -0.4 is 15.2 Å². The number of amidine groups is 1. The molecule has 0 fully saturated rings. The van der Waals surface area contributed by atoms with E-state index in [9.17, 15) is 23.3 Å². The number of nitrogens with one attached hydrogen (secondary N) is 1. The molecule has 0 saturated heterocycles. The van der Waals surface area contributed by atoms with Gasteiger partial charge in [-0.25, -0.2) is 0 Å². The highest BCUT2D eigenvalue weighted by Crippen LogP contribution is 2.33. The van der Waals surface area contributed by atoms with Crippen LogP contribution in [0.5, 0.6) is 11.5 Å². The number of alkyl halides is 3. The summed E-state index contributed by atoms with van der Waals surface area (Å²) in [5.41, 5.74) is 4.59. The van der Waals surface area contributed by atoms with Crippen LogP contribution in [0.3, 0.4) is 0 Å². The first-order valence-electron chi connectivity index (χ1n) is 5.52. The maximum Gasteiger partial charge on any atom is 0.401 e. The van der Waals surface area contributed by atoms with Gasteiger partial charge in [0.1, 0.15) is 18.4 Å². The second kappa shape index (κ2) is 6.29. The summed E-state index contributed by atoms with van der Waals surface area (Å²) in [6, 6.07) is 3.20. The second-order valence-electron chi connectivity index (χ2n) is 3.95. The molecule has 1 atom stereocenters. The molecule has 0 bridgehead atoms. The summed E-state index contributed by atoms with van der Waals surface area (Å²) < 4.78 is 47.6. The zero-order valence-electron chi connectivity index (χ0n) is 10.8. The Hall–Kier alpha value is -2.52. The monoisotopic (exact) mass is 307 g/mol. The van der Waals surface area contributed by atoms with E-state index in [4.69, 9.17) is 20.6 Å². The maximum absolute atomic E-state index is 12.6. The van der Waals surface area contributed by atoms with Crippen LogP contribution in [0, 0.1) is 21.4 Å². The van der Waals surface area contributed by atoms with Crippen LogP contribution in [-0.4, -0.2) is 30.7 Å². The molecule has 0 aliphatic carbocycles. The Balaban J connectivity index is 2.93. The van der Waals surface area contributed by atoms with Crippen molar-refractivity contribution in [3.05, 3.63) is 28.3 Å². The molecule has 21 heavy (non-hydrogen) atoms. The Morgan fingerprint density at radius 1 is 1.48 bits per heavy atom. The van der Waals surface area contributed by atoms with E-state index >= 15 is 0 Å². The van der Waals surface area contributed by atoms with E-state index in [-0.39, 0.29) is 17.2 Å². The number of methoxy groups -OCH3 is 1. The third-order valence-electron chi connectivity index (χ3n) is 2.53. The van der Waals surface area contributed by atoms with Crippen LogP contribution in [0.1, 0.15) is 0 Å². The van der Waals surface area contributed by atoms with E-state index in [0.717, 1.165) is 18.2 Å². The van der Waals surface area contributed by atoms with Crippen molar-refractivity contribution in [2.75, 3.05) is 13.7 Å². The average molecular weight is 307 g/mol. The summed E-state index contributed by atoms with van der Waals surface area (Å²) >= 11 is 0. The number of non-ortho nitro benzene ring substituents is 1. The molecule has 3 N–H and O–H groups in total. The highest BCUT2D eigenvalue weighted by atomic mass is 19.4. The largest absolute Gasteiger partial charge is 0.493 e. The molecular weight excluding hydrogens is 295 g/mol. The lowest BCUT2D eigenvalue weighted by molar-refractivity contribution is -0.385. The average Bonchev–Trinajstić information content (AvgIpc) is 2.36. The molecule has 0 radical (unpaired) electrons. The summed E-state index contributed by atoms with van der Waals surface area (Å²) in [6.45, 7) is -0.924. The van der Waals surface area contributed by atoms with Crippen LogP contribution in [-0.2, 0) is 0 Å². The fourth-order valence-corrected chi connectivity index (χ4v) is 1.42. The van der Waals surface area contributed by atoms with Gasteiger partial charge in [0.2, 0.25) is 0 Å². The predicted octanol–water partition coefficient (Wildman–Crippen LogP) is 2.10. The third kappa shape index (κ3) is 4.23. The maximum atomic E-state index is 12.6. The van der Waals surface area contributed by atoms with Crippen LogP contribution in [0.4, 0.5) is 18.9 Å². The first kappa shape index (κ1) is 16.5. The summed E-state index contributed by atoms with van der Waals surface area (Å²) in [5, 5.41) is 17.5. The Kier molecular flexibility index (Phi) is 4.95. The van der Waals surface area contributed by atoms with Gasteiger partial charge in [-0.1, -0.05) is 0 Å². The first-order chi connectivity index (χ1) is 9.66. The molecule has 1 unspecified atom stereocenters. The quantitative estimate of drug-likeness (QED) is 0.362. The highest BCUT2D eigenvalue weighted by molar-refractivity contribution is 5.80. The SMILES string of the molecule is COc1cc([N+](=O)[O-])ccc1OCC(C(=N)N)C(F)(F)F. The van der Waals surface area contributed by atoms with E-state index < -0.39 is 29.5 Å². The van der Waals surface area contributed by atoms with E-state index in [2.05, 4.69) is 0 Å². The van der Waals surface area contributed by atoms with Crippen molar-refractivity contribution in [3.63, 3.8) is 0 Å². The Bertz CT molecular complexity index is 548. The van der Waals surface area contributed by atoms with Gasteiger partial charge in [-0.3, -0.25) is 15.5 Å². The van der Waals surface area contributed by atoms with Crippen molar-refractivity contribution in [2.24, 2.45) is 11.7 Å². The first-order valence-corrected chi connectivity index (χ1v) is 5.52. The minimum atomic E-state index is -4.72. The molecular formula is C11H12F3N3O4. The van der Waals surface area contributed by atoms with Gasteiger partial charge in [0.15, 0.2) is 11.5 Å². The van der Waals surface area contributed by atoms with E-state index in [1.165, 1.54) is 7.11 Å². The zero-order valence-corrected chi connectivity index (χ0v) is 10.8. The topological polar surface area (TPSA) is 111 Å². The van der Waals surface area contributed by atoms with Crippen molar-refractivity contribution in [1.29, 1.82) is 5.41 Å². The second-order valence-corrected chi connectivity index (χ2v) is 3.95. The molecule has 0 aliphatic heterocycles. The third-order valence-corrected chi connectivity index (χ3v) is 2.53. The molecule has 0 heterocycles. The Labute approximate surface area is 117 Å². The van der Waals surface area contributed by atoms with Gasteiger partial charge in [-0.05, 0) is 6.07 Å². The summed E-state index contributed by atoms with van der Waals surface area (Å²) in [4.78, 5) is 9.90. The number of hydrogen-bond acceptors (Lipinski definition) is 5. The number of halogens is 3. The smallest absolute Gasteiger partial charge is 0.401 e. The van der Waals surface area contributed by atoms with Gasteiger partial charge in [-0.15, -0.1) is 0 Å². The molecule has 7 nitrogen and oxygen atoms in total. The van der Waals surface area contributed by atoms with E-state index in [1.807, 2.05) is 0 Å². The molecule has 0 aliphatic rings. The lowest BCUT2D eigenvalue weighted by atomic mass is 10.1. The molecule has 0 amide bonds. The van der Waals surface area contributed by atoms with Gasteiger partial charge < -0.3 is 15.2 Å². The Morgan fingerprint density at radius 2 is 2.10 bits per heavy atom. The molecule has 0 spiro atoms. The molecule has 10 heteroatoms. The van der Waals surface area contributed by atoms with Gasteiger partial charge >= 0.3 is 6.18 Å². The minimum absolute atomic E-state index is 0.0892. The van der Waals surface area contributed by atoms with E-state index in [0.29, 0.717) is 0 Å². The van der Waals surface area contributed by atoms with Gasteiger partial charge in [0.05, 0.1) is 18.1 Å². The lowest BCUT2D eigenvalue weighted by Gasteiger charge is -2.19. The molecule has 1 aromatic carbocycles. The summed E-state index contributed by atoms with van der Waals surface area (Å²) in [5.74, 6) is -3.55. The molecule has 1 aromatic rings. The van der Waals surface area contributed by atoms with Crippen molar-refractivity contribution in [3.8, 4) is 11.5 Å². The van der Waals surface area contributed by atoms with Crippen molar-refractivity contribution >= 4 is 11.5 Å². The minimum Gasteiger partial charge on any atom is -0.493 e. The van der Waals surface area contributed by atoms with Gasteiger partial charge in [0, 0.05) is 6.07 Å². The van der Waals surface area contributed by atoms with Crippen molar-refractivity contribution in [1.82, 2.24) is 0 Å². The highest BCUT2D eigenvalue weighted by Gasteiger charge is 2.42. The fraction of sp³-hybridized carbons (Fsp3) is 0.364. The van der Waals surface area contributed by atoms with Crippen LogP contribution in [0.2, 0.25) is 0 Å². The number of benzene rings is 1.